The molecule has 1 saturated carbocycles. The van der Waals surface area contributed by atoms with Gasteiger partial charge in [0.25, 0.3) is 0 Å². The highest BCUT2D eigenvalue weighted by Crippen LogP contribution is 2.40. The van der Waals surface area contributed by atoms with Crippen LogP contribution in [0.15, 0.2) is 0 Å². The van der Waals surface area contributed by atoms with E-state index in [2.05, 4.69) is 44.8 Å². The van der Waals surface area contributed by atoms with Crippen LogP contribution >= 0.6 is 0 Å². The van der Waals surface area contributed by atoms with Gasteiger partial charge in [-0.2, -0.15) is 0 Å². The van der Waals surface area contributed by atoms with E-state index in [0.717, 1.165) is 18.5 Å². The van der Waals surface area contributed by atoms with Crippen LogP contribution < -0.4 is 5.32 Å². The summed E-state index contributed by atoms with van der Waals surface area (Å²) in [6, 6.07) is 2.17. The van der Waals surface area contributed by atoms with E-state index >= 15 is 0 Å². The van der Waals surface area contributed by atoms with Gasteiger partial charge in [0.05, 0.1) is 0 Å². The fraction of sp³-hybridized carbons (Fsp3) is 1.00. The standard InChI is InChI=1S/C16H32N2/c1-12(2)14-11-18(13(3)10-17-14)15-8-6-7-9-16(15,4)5/h12-15,17H,6-11H2,1-5H3. The molecule has 18 heavy (non-hydrogen) atoms. The van der Waals surface area contributed by atoms with Crippen LogP contribution in [0, 0.1) is 11.3 Å². The molecule has 0 aromatic rings. The van der Waals surface area contributed by atoms with Crippen molar-refractivity contribution >= 4 is 0 Å². The van der Waals surface area contributed by atoms with Crippen LogP contribution in [0.1, 0.15) is 60.3 Å². The van der Waals surface area contributed by atoms with Gasteiger partial charge in [0, 0.05) is 31.2 Å². The molecule has 0 aromatic heterocycles. The number of nitrogens with one attached hydrogen (secondary N) is 1. The molecule has 0 amide bonds. The molecular weight excluding hydrogens is 220 g/mol. The molecule has 2 aliphatic rings. The monoisotopic (exact) mass is 252 g/mol. The summed E-state index contributed by atoms with van der Waals surface area (Å²) in [6.07, 6.45) is 5.66. The Morgan fingerprint density at radius 3 is 2.56 bits per heavy atom. The first-order chi connectivity index (χ1) is 8.42. The van der Waals surface area contributed by atoms with E-state index < -0.39 is 0 Å². The van der Waals surface area contributed by atoms with Crippen molar-refractivity contribution in [3.63, 3.8) is 0 Å². The first-order valence-electron chi connectivity index (χ1n) is 7.91. The van der Waals surface area contributed by atoms with Gasteiger partial charge in [-0.3, -0.25) is 4.90 Å². The number of rotatable bonds is 2. The summed E-state index contributed by atoms with van der Waals surface area (Å²) in [7, 11) is 0. The second-order valence-corrected chi connectivity index (χ2v) is 7.55. The summed E-state index contributed by atoms with van der Waals surface area (Å²) in [5.41, 5.74) is 0.505. The molecule has 1 heterocycles. The quantitative estimate of drug-likeness (QED) is 0.811. The fourth-order valence-electron chi connectivity index (χ4n) is 3.88. The maximum Gasteiger partial charge on any atom is 0.0218 e. The van der Waals surface area contributed by atoms with Crippen molar-refractivity contribution in [3.8, 4) is 0 Å². The average Bonchev–Trinajstić information content (AvgIpc) is 2.29. The van der Waals surface area contributed by atoms with Crippen LogP contribution in [0.25, 0.3) is 0 Å². The van der Waals surface area contributed by atoms with Gasteiger partial charge in [-0.05, 0) is 31.1 Å². The Morgan fingerprint density at radius 1 is 1.22 bits per heavy atom. The van der Waals surface area contributed by atoms with E-state index in [1.807, 2.05) is 0 Å². The molecule has 0 bridgehead atoms. The lowest BCUT2D eigenvalue weighted by Crippen LogP contribution is -2.62. The third kappa shape index (κ3) is 2.91. The van der Waals surface area contributed by atoms with E-state index in [1.54, 1.807) is 0 Å². The highest BCUT2D eigenvalue weighted by molar-refractivity contribution is 4.96. The second kappa shape index (κ2) is 5.50. The summed E-state index contributed by atoms with van der Waals surface area (Å²) in [6.45, 7) is 14.5. The van der Waals surface area contributed by atoms with Crippen molar-refractivity contribution < 1.29 is 0 Å². The van der Waals surface area contributed by atoms with Crippen LogP contribution in [0.5, 0.6) is 0 Å². The molecule has 1 saturated heterocycles. The van der Waals surface area contributed by atoms with Crippen molar-refractivity contribution in [3.05, 3.63) is 0 Å². The first-order valence-corrected chi connectivity index (χ1v) is 7.91. The largest absolute Gasteiger partial charge is 0.311 e. The summed E-state index contributed by atoms with van der Waals surface area (Å²) in [5, 5.41) is 3.72. The van der Waals surface area contributed by atoms with Gasteiger partial charge in [0.2, 0.25) is 0 Å². The lowest BCUT2D eigenvalue weighted by molar-refractivity contribution is -0.00530. The van der Waals surface area contributed by atoms with Gasteiger partial charge < -0.3 is 5.32 Å². The highest BCUT2D eigenvalue weighted by atomic mass is 15.3. The van der Waals surface area contributed by atoms with Crippen molar-refractivity contribution in [2.24, 2.45) is 11.3 Å². The van der Waals surface area contributed by atoms with Crippen molar-refractivity contribution in [1.29, 1.82) is 0 Å². The Bertz CT molecular complexity index is 272. The molecule has 1 aliphatic heterocycles. The predicted molar refractivity (Wildman–Crippen MR) is 78.8 cm³/mol. The Kier molecular flexibility index (Phi) is 4.38. The summed E-state index contributed by atoms with van der Waals surface area (Å²) < 4.78 is 0. The molecular formula is C16H32N2. The number of hydrogen-bond acceptors (Lipinski definition) is 2. The molecule has 0 aromatic carbocycles. The minimum absolute atomic E-state index is 0.505. The zero-order valence-corrected chi connectivity index (χ0v) is 13.0. The predicted octanol–water partition coefficient (Wildman–Crippen LogP) is 3.27. The average molecular weight is 252 g/mol. The van der Waals surface area contributed by atoms with Crippen LogP contribution in [-0.4, -0.2) is 36.1 Å². The smallest absolute Gasteiger partial charge is 0.0218 e. The van der Waals surface area contributed by atoms with E-state index in [1.165, 1.54) is 32.2 Å². The highest BCUT2D eigenvalue weighted by Gasteiger charge is 2.40. The summed E-state index contributed by atoms with van der Waals surface area (Å²) in [5.74, 6) is 0.742. The van der Waals surface area contributed by atoms with Gasteiger partial charge in [-0.15, -0.1) is 0 Å². The fourth-order valence-corrected chi connectivity index (χ4v) is 3.88. The maximum absolute atomic E-state index is 3.72. The van der Waals surface area contributed by atoms with E-state index in [4.69, 9.17) is 0 Å². The maximum atomic E-state index is 3.72. The lowest BCUT2D eigenvalue weighted by Gasteiger charge is -2.51. The van der Waals surface area contributed by atoms with Crippen LogP contribution in [-0.2, 0) is 0 Å². The number of nitrogens with zero attached hydrogens (tertiary/aromatic N) is 1. The summed E-state index contributed by atoms with van der Waals surface area (Å²) in [4.78, 5) is 2.82. The first kappa shape index (κ1) is 14.3. The minimum atomic E-state index is 0.505. The summed E-state index contributed by atoms with van der Waals surface area (Å²) >= 11 is 0. The number of piperazine rings is 1. The van der Waals surface area contributed by atoms with Gasteiger partial charge in [0.1, 0.15) is 0 Å². The SMILES string of the molecule is CC(C)C1CN(C2CCCCC2(C)C)C(C)CN1. The molecule has 3 atom stereocenters. The van der Waals surface area contributed by atoms with Crippen molar-refractivity contribution in [1.82, 2.24) is 10.2 Å². The molecule has 1 N–H and O–H groups in total. The Hall–Kier alpha value is -0.0800. The van der Waals surface area contributed by atoms with Crippen molar-refractivity contribution in [2.75, 3.05) is 13.1 Å². The van der Waals surface area contributed by atoms with Gasteiger partial charge in [-0.25, -0.2) is 0 Å². The van der Waals surface area contributed by atoms with Crippen LogP contribution in [0.4, 0.5) is 0 Å². The second-order valence-electron chi connectivity index (χ2n) is 7.55. The number of hydrogen-bond donors (Lipinski definition) is 1. The van der Waals surface area contributed by atoms with Crippen LogP contribution in [0.3, 0.4) is 0 Å². The Morgan fingerprint density at radius 2 is 1.94 bits per heavy atom. The zero-order valence-electron chi connectivity index (χ0n) is 13.0. The molecule has 2 fully saturated rings. The molecule has 1 aliphatic carbocycles. The van der Waals surface area contributed by atoms with Crippen LogP contribution in [0.2, 0.25) is 0 Å². The Labute approximate surface area is 114 Å². The molecule has 2 rings (SSSR count). The minimum Gasteiger partial charge on any atom is -0.311 e. The van der Waals surface area contributed by atoms with Crippen molar-refractivity contribution in [2.45, 2.75) is 78.4 Å². The lowest BCUT2D eigenvalue weighted by atomic mass is 9.72. The van der Waals surface area contributed by atoms with E-state index in [0.29, 0.717) is 17.5 Å². The normalized spacial score (nSPS) is 38.0. The molecule has 0 radical (unpaired) electrons. The molecule has 106 valence electrons. The third-order valence-corrected chi connectivity index (χ3v) is 5.30. The Balaban J connectivity index is 2.09. The van der Waals surface area contributed by atoms with E-state index in [-0.39, 0.29) is 0 Å². The van der Waals surface area contributed by atoms with Gasteiger partial charge >= 0.3 is 0 Å². The zero-order chi connectivity index (χ0) is 13.3. The van der Waals surface area contributed by atoms with E-state index in [9.17, 15) is 0 Å². The molecule has 2 heteroatoms. The van der Waals surface area contributed by atoms with Gasteiger partial charge in [-0.1, -0.05) is 40.5 Å². The van der Waals surface area contributed by atoms with Gasteiger partial charge in [0.15, 0.2) is 0 Å². The third-order valence-electron chi connectivity index (χ3n) is 5.30. The molecule has 2 nitrogen and oxygen atoms in total. The molecule has 0 spiro atoms. The molecule has 3 unspecified atom stereocenters. The topological polar surface area (TPSA) is 15.3 Å².